The summed E-state index contributed by atoms with van der Waals surface area (Å²) in [5.74, 6) is 0.597. The van der Waals surface area contributed by atoms with Crippen LogP contribution in [0, 0.1) is 13.8 Å². The van der Waals surface area contributed by atoms with Gasteiger partial charge in [0.25, 0.3) is 0 Å². The third-order valence-corrected chi connectivity index (χ3v) is 5.31. The van der Waals surface area contributed by atoms with E-state index in [0.717, 1.165) is 37.8 Å². The highest BCUT2D eigenvalue weighted by Crippen LogP contribution is 2.36. The molecule has 0 atom stereocenters. The summed E-state index contributed by atoms with van der Waals surface area (Å²) in [6.45, 7) is 4.15. The van der Waals surface area contributed by atoms with E-state index < -0.39 is 11.9 Å². The molecule has 0 unspecified atom stereocenters. The first-order chi connectivity index (χ1) is 12.8. The van der Waals surface area contributed by atoms with E-state index in [1.54, 1.807) is 0 Å². The van der Waals surface area contributed by atoms with Crippen LogP contribution in [0.15, 0.2) is 24.7 Å². The summed E-state index contributed by atoms with van der Waals surface area (Å²) in [6, 6.07) is 2.36. The fourth-order valence-electron chi connectivity index (χ4n) is 2.69. The number of pyridine rings is 1. The summed E-state index contributed by atoms with van der Waals surface area (Å²) in [7, 11) is 0. The topological polar surface area (TPSA) is 76.5 Å². The second-order valence-corrected chi connectivity index (χ2v) is 6.99. The molecule has 0 aliphatic heterocycles. The van der Waals surface area contributed by atoms with Gasteiger partial charge in [0.1, 0.15) is 22.7 Å². The van der Waals surface area contributed by atoms with Gasteiger partial charge in [-0.05, 0) is 31.0 Å². The number of hydrogen-bond acceptors (Lipinski definition) is 7. The predicted molar refractivity (Wildman–Crippen MR) is 104 cm³/mol. The van der Waals surface area contributed by atoms with E-state index in [0.29, 0.717) is 11.4 Å². The van der Waals surface area contributed by atoms with Crippen LogP contribution in [0.4, 0.5) is 19.0 Å². The van der Waals surface area contributed by atoms with Crippen LogP contribution in [0.2, 0.25) is 0 Å². The molecule has 4 heterocycles. The number of alkyl halides is 3. The van der Waals surface area contributed by atoms with Gasteiger partial charge in [-0.15, -0.1) is 28.8 Å². The highest BCUT2D eigenvalue weighted by Gasteiger charge is 2.32. The minimum absolute atomic E-state index is 0. The Labute approximate surface area is 167 Å². The Morgan fingerprint density at radius 3 is 2.54 bits per heavy atom. The lowest BCUT2D eigenvalue weighted by atomic mass is 10.1. The summed E-state index contributed by atoms with van der Waals surface area (Å²) in [5.41, 5.74) is 2.34. The molecule has 11 heteroatoms. The highest BCUT2D eigenvalue weighted by atomic mass is 35.5. The third-order valence-electron chi connectivity index (χ3n) is 4.24. The van der Waals surface area contributed by atoms with E-state index in [1.165, 1.54) is 29.9 Å². The summed E-state index contributed by atoms with van der Waals surface area (Å²) < 4.78 is 38.6. The molecule has 0 fully saturated rings. The maximum Gasteiger partial charge on any atom is 0.433 e. The van der Waals surface area contributed by atoms with Crippen LogP contribution in [-0.2, 0) is 12.7 Å². The van der Waals surface area contributed by atoms with E-state index in [1.807, 2.05) is 13.8 Å². The Morgan fingerprint density at radius 1 is 1.07 bits per heavy atom. The zero-order chi connectivity index (χ0) is 19.2. The van der Waals surface area contributed by atoms with Gasteiger partial charge in [-0.2, -0.15) is 18.3 Å². The lowest BCUT2D eigenvalue weighted by molar-refractivity contribution is -0.141. The summed E-state index contributed by atoms with van der Waals surface area (Å²) >= 11 is 1.43. The van der Waals surface area contributed by atoms with Crippen LogP contribution in [0.1, 0.15) is 22.5 Å². The molecule has 0 amide bonds. The van der Waals surface area contributed by atoms with Crippen LogP contribution in [0.5, 0.6) is 0 Å². The van der Waals surface area contributed by atoms with Crippen molar-refractivity contribution in [2.45, 2.75) is 26.6 Å². The van der Waals surface area contributed by atoms with E-state index >= 15 is 0 Å². The second kappa shape index (κ2) is 7.44. The number of thiophene rings is 1. The molecule has 0 bridgehead atoms. The van der Waals surface area contributed by atoms with E-state index in [9.17, 15) is 13.2 Å². The smallest absolute Gasteiger partial charge is 0.365 e. The van der Waals surface area contributed by atoms with Crippen molar-refractivity contribution in [3.8, 4) is 0 Å². The molecule has 1 N–H and O–H groups in total. The van der Waals surface area contributed by atoms with Crippen molar-refractivity contribution in [2.24, 2.45) is 0 Å². The van der Waals surface area contributed by atoms with Crippen molar-refractivity contribution in [3.63, 3.8) is 0 Å². The number of nitrogens with one attached hydrogen (secondary N) is 1. The van der Waals surface area contributed by atoms with Crippen molar-refractivity contribution < 1.29 is 13.2 Å². The third kappa shape index (κ3) is 3.57. The van der Waals surface area contributed by atoms with Crippen LogP contribution < -0.4 is 5.32 Å². The van der Waals surface area contributed by atoms with Crippen molar-refractivity contribution >= 4 is 50.0 Å². The van der Waals surface area contributed by atoms with Crippen LogP contribution >= 0.6 is 23.7 Å². The molecule has 146 valence electrons. The standard InChI is InChI=1S/C17H13F3N6S.ClH/c1-8-9(2)25-26-16-12(8)13-14(27-16)15(24-7-23-13)22-6-10-3-4-11(21-5-10)17(18,19)20;/h3-5,7H,6H2,1-2H3,(H,22,23,24);1H. The number of anilines is 1. The van der Waals surface area contributed by atoms with Gasteiger partial charge in [0.15, 0.2) is 0 Å². The zero-order valence-electron chi connectivity index (χ0n) is 14.7. The van der Waals surface area contributed by atoms with Gasteiger partial charge >= 0.3 is 6.18 Å². The van der Waals surface area contributed by atoms with Crippen molar-refractivity contribution in [2.75, 3.05) is 5.32 Å². The van der Waals surface area contributed by atoms with Crippen molar-refractivity contribution in [1.82, 2.24) is 25.1 Å². The molecule has 0 aliphatic rings. The Balaban J connectivity index is 0.00000225. The number of fused-ring (bicyclic) bond motifs is 3. The van der Waals surface area contributed by atoms with Gasteiger partial charge in [0.2, 0.25) is 0 Å². The number of aromatic nitrogens is 5. The van der Waals surface area contributed by atoms with E-state index in [-0.39, 0.29) is 19.0 Å². The minimum atomic E-state index is -4.45. The fraction of sp³-hybridized carbons (Fsp3) is 0.235. The van der Waals surface area contributed by atoms with Gasteiger partial charge in [-0.3, -0.25) is 4.98 Å². The average molecular weight is 427 g/mol. The molecule has 6 nitrogen and oxygen atoms in total. The summed E-state index contributed by atoms with van der Waals surface area (Å²) in [4.78, 5) is 12.9. The lowest BCUT2D eigenvalue weighted by Crippen LogP contribution is -2.09. The summed E-state index contributed by atoms with van der Waals surface area (Å²) in [6.07, 6.45) is -1.78. The molecule has 0 radical (unpaired) electrons. The second-order valence-electron chi connectivity index (χ2n) is 6.00. The zero-order valence-corrected chi connectivity index (χ0v) is 16.3. The lowest BCUT2D eigenvalue weighted by Gasteiger charge is -2.08. The molecule has 0 saturated carbocycles. The number of halogens is 4. The quantitative estimate of drug-likeness (QED) is 0.511. The first-order valence-corrected chi connectivity index (χ1v) is 8.79. The highest BCUT2D eigenvalue weighted by molar-refractivity contribution is 7.25. The Hall–Kier alpha value is -2.59. The predicted octanol–water partition coefficient (Wildman–Crippen LogP) is 4.70. The maximum absolute atomic E-state index is 12.6. The van der Waals surface area contributed by atoms with Gasteiger partial charge in [-0.25, -0.2) is 9.97 Å². The molecular formula is C17H14ClF3N6S. The first kappa shape index (κ1) is 20.2. The molecule has 0 saturated heterocycles. The van der Waals surface area contributed by atoms with Gasteiger partial charge in [0, 0.05) is 18.1 Å². The molecule has 0 spiro atoms. The van der Waals surface area contributed by atoms with Crippen molar-refractivity contribution in [1.29, 1.82) is 0 Å². The van der Waals surface area contributed by atoms with Crippen LogP contribution in [-0.4, -0.2) is 25.1 Å². The molecule has 28 heavy (non-hydrogen) atoms. The number of hydrogen-bond donors (Lipinski definition) is 1. The van der Waals surface area contributed by atoms with Gasteiger partial charge in [-0.1, -0.05) is 6.07 Å². The monoisotopic (exact) mass is 426 g/mol. The molecular weight excluding hydrogens is 413 g/mol. The first-order valence-electron chi connectivity index (χ1n) is 7.97. The van der Waals surface area contributed by atoms with Crippen LogP contribution in [0.3, 0.4) is 0 Å². The average Bonchev–Trinajstić information content (AvgIpc) is 3.02. The molecule has 4 rings (SSSR count). The Bertz CT molecular complexity index is 1140. The SMILES string of the molecule is Cc1nnc2sc3c(NCc4ccc(C(F)(F)F)nc4)ncnc3c2c1C.Cl. The molecule has 4 aromatic heterocycles. The largest absolute Gasteiger partial charge is 0.433 e. The minimum Gasteiger partial charge on any atom is -0.365 e. The normalized spacial score (nSPS) is 11.6. The Kier molecular flexibility index (Phi) is 5.35. The molecule has 4 aromatic rings. The number of rotatable bonds is 3. The van der Waals surface area contributed by atoms with Gasteiger partial charge in [0.05, 0.1) is 15.9 Å². The number of aryl methyl sites for hydroxylation is 2. The summed E-state index contributed by atoms with van der Waals surface area (Å²) in [5, 5.41) is 12.5. The van der Waals surface area contributed by atoms with Crippen molar-refractivity contribution in [3.05, 3.63) is 47.2 Å². The Morgan fingerprint density at radius 2 is 1.86 bits per heavy atom. The van der Waals surface area contributed by atoms with E-state index in [2.05, 4.69) is 30.5 Å². The maximum atomic E-state index is 12.6. The van der Waals surface area contributed by atoms with Crippen LogP contribution in [0.25, 0.3) is 20.4 Å². The number of nitrogens with zero attached hydrogens (tertiary/aromatic N) is 5. The molecule has 0 aliphatic carbocycles. The molecule has 0 aromatic carbocycles. The fourth-order valence-corrected chi connectivity index (χ4v) is 3.79. The van der Waals surface area contributed by atoms with E-state index in [4.69, 9.17) is 0 Å². The van der Waals surface area contributed by atoms with Gasteiger partial charge < -0.3 is 5.32 Å².